The first-order valence-electron chi connectivity index (χ1n) is 5.36. The Hall–Kier alpha value is -0.0900. The average Bonchev–Trinajstić information content (AvgIpc) is 2.17. The Morgan fingerprint density at radius 3 is 2.56 bits per heavy atom. The molecule has 0 bridgehead atoms. The van der Waals surface area contributed by atoms with Gasteiger partial charge in [-0.05, 0) is 31.5 Å². The van der Waals surface area contributed by atoms with Crippen molar-refractivity contribution in [3.8, 4) is 0 Å². The van der Waals surface area contributed by atoms with E-state index in [9.17, 15) is 0 Å². The van der Waals surface area contributed by atoms with Crippen LogP contribution in [0.15, 0.2) is 28.7 Å². The largest absolute Gasteiger partial charge is 0.328 e. The highest BCUT2D eigenvalue weighted by molar-refractivity contribution is 9.10. The number of benzene rings is 1. The molecule has 1 aromatic carbocycles. The van der Waals surface area contributed by atoms with E-state index in [1.807, 2.05) is 6.07 Å². The van der Waals surface area contributed by atoms with Gasteiger partial charge in [0.2, 0.25) is 0 Å². The predicted molar refractivity (Wildman–Crippen MR) is 73.9 cm³/mol. The highest BCUT2D eigenvalue weighted by Crippen LogP contribution is 2.25. The van der Waals surface area contributed by atoms with Gasteiger partial charge >= 0.3 is 0 Å². The summed E-state index contributed by atoms with van der Waals surface area (Å²) in [5.74, 6) is 0. The molecule has 90 valence electrons. The summed E-state index contributed by atoms with van der Waals surface area (Å²) in [6.45, 7) is 0.999. The number of rotatable bonds is 3. The highest BCUT2D eigenvalue weighted by Gasteiger charge is 2.29. The quantitative estimate of drug-likeness (QED) is 0.930. The van der Waals surface area contributed by atoms with Crippen molar-refractivity contribution in [1.29, 1.82) is 0 Å². The molecular weight excluding hydrogens is 288 g/mol. The normalized spacial score (nSPS) is 23.8. The zero-order valence-electron chi connectivity index (χ0n) is 9.40. The number of hydrogen-bond acceptors (Lipinski definition) is 2. The molecule has 1 saturated carbocycles. The van der Waals surface area contributed by atoms with Crippen LogP contribution in [0.4, 0.5) is 0 Å². The zero-order chi connectivity index (χ0) is 10.8. The molecule has 0 aliphatic heterocycles. The molecule has 1 aliphatic rings. The molecule has 0 unspecified atom stereocenters. The summed E-state index contributed by atoms with van der Waals surface area (Å²) in [4.78, 5) is 2.39. The Bertz CT molecular complexity index is 340. The molecule has 0 amide bonds. The van der Waals surface area contributed by atoms with Crippen molar-refractivity contribution >= 4 is 28.3 Å². The van der Waals surface area contributed by atoms with Gasteiger partial charge in [0.1, 0.15) is 0 Å². The SMILES string of the molecule is CN(Cc1ccccc1Br)C1CC(N)C1.Cl. The molecule has 0 aromatic heterocycles. The first-order valence-corrected chi connectivity index (χ1v) is 6.15. The van der Waals surface area contributed by atoms with E-state index in [-0.39, 0.29) is 12.4 Å². The maximum Gasteiger partial charge on any atom is 0.0244 e. The standard InChI is InChI=1S/C12H17BrN2.ClH/c1-15(11-6-10(14)7-11)8-9-4-2-3-5-12(9)13;/h2-5,10-11H,6-8,14H2,1H3;1H. The molecule has 1 fully saturated rings. The maximum atomic E-state index is 5.79. The second-order valence-electron chi connectivity index (χ2n) is 4.39. The van der Waals surface area contributed by atoms with Gasteiger partial charge in [0.25, 0.3) is 0 Å². The molecule has 16 heavy (non-hydrogen) atoms. The maximum absolute atomic E-state index is 5.79. The van der Waals surface area contributed by atoms with Gasteiger partial charge in [-0.3, -0.25) is 4.90 Å². The molecule has 2 N–H and O–H groups in total. The number of nitrogens with zero attached hydrogens (tertiary/aromatic N) is 1. The van der Waals surface area contributed by atoms with Crippen molar-refractivity contribution in [3.05, 3.63) is 34.3 Å². The second-order valence-corrected chi connectivity index (χ2v) is 5.25. The fraction of sp³-hybridized carbons (Fsp3) is 0.500. The smallest absolute Gasteiger partial charge is 0.0244 e. The van der Waals surface area contributed by atoms with Crippen LogP contribution in [0.3, 0.4) is 0 Å². The van der Waals surface area contributed by atoms with E-state index < -0.39 is 0 Å². The van der Waals surface area contributed by atoms with Crippen LogP contribution in [-0.4, -0.2) is 24.0 Å². The van der Waals surface area contributed by atoms with Crippen LogP contribution in [0.5, 0.6) is 0 Å². The minimum absolute atomic E-state index is 0. The fourth-order valence-corrected chi connectivity index (χ4v) is 2.42. The van der Waals surface area contributed by atoms with E-state index in [1.54, 1.807) is 0 Å². The molecular formula is C12H18BrClN2. The lowest BCUT2D eigenvalue weighted by Crippen LogP contribution is -2.48. The third kappa shape index (κ3) is 3.20. The van der Waals surface area contributed by atoms with Crippen molar-refractivity contribution in [2.24, 2.45) is 5.73 Å². The predicted octanol–water partition coefficient (Wildman–Crippen LogP) is 2.79. The summed E-state index contributed by atoms with van der Waals surface area (Å²) in [7, 11) is 2.18. The van der Waals surface area contributed by atoms with Gasteiger partial charge in [0.05, 0.1) is 0 Å². The van der Waals surface area contributed by atoms with E-state index in [1.165, 1.54) is 10.0 Å². The molecule has 0 heterocycles. The molecule has 0 radical (unpaired) electrons. The summed E-state index contributed by atoms with van der Waals surface area (Å²) in [6, 6.07) is 9.49. The van der Waals surface area contributed by atoms with Gasteiger partial charge in [-0.15, -0.1) is 12.4 Å². The molecule has 1 aliphatic carbocycles. The summed E-state index contributed by atoms with van der Waals surface area (Å²) >= 11 is 3.57. The Labute approximate surface area is 112 Å². The number of nitrogens with two attached hydrogens (primary N) is 1. The van der Waals surface area contributed by atoms with Crippen LogP contribution in [0.25, 0.3) is 0 Å². The minimum Gasteiger partial charge on any atom is -0.328 e. The monoisotopic (exact) mass is 304 g/mol. The molecule has 2 nitrogen and oxygen atoms in total. The van der Waals surface area contributed by atoms with Crippen molar-refractivity contribution in [1.82, 2.24) is 4.90 Å². The van der Waals surface area contributed by atoms with Crippen molar-refractivity contribution < 1.29 is 0 Å². The lowest BCUT2D eigenvalue weighted by molar-refractivity contribution is 0.132. The Balaban J connectivity index is 0.00000128. The first-order chi connectivity index (χ1) is 7.16. The number of halogens is 2. The topological polar surface area (TPSA) is 29.3 Å². The van der Waals surface area contributed by atoms with Gasteiger partial charge in [-0.1, -0.05) is 34.1 Å². The lowest BCUT2D eigenvalue weighted by Gasteiger charge is -2.39. The third-order valence-electron chi connectivity index (χ3n) is 3.15. The van der Waals surface area contributed by atoms with E-state index >= 15 is 0 Å². The van der Waals surface area contributed by atoms with E-state index in [2.05, 4.69) is 46.1 Å². The average molecular weight is 306 g/mol. The zero-order valence-corrected chi connectivity index (χ0v) is 11.8. The minimum atomic E-state index is 0. The number of hydrogen-bond donors (Lipinski definition) is 1. The summed E-state index contributed by atoms with van der Waals surface area (Å²) < 4.78 is 1.19. The van der Waals surface area contributed by atoms with Crippen LogP contribution in [0, 0.1) is 0 Å². The van der Waals surface area contributed by atoms with E-state index in [0.29, 0.717) is 12.1 Å². The van der Waals surface area contributed by atoms with Crippen molar-refractivity contribution in [2.45, 2.75) is 31.5 Å². The lowest BCUT2D eigenvalue weighted by atomic mass is 9.86. The van der Waals surface area contributed by atoms with Crippen molar-refractivity contribution in [2.75, 3.05) is 7.05 Å². The summed E-state index contributed by atoms with van der Waals surface area (Å²) in [5, 5.41) is 0. The molecule has 1 aromatic rings. The van der Waals surface area contributed by atoms with E-state index in [4.69, 9.17) is 5.73 Å². The third-order valence-corrected chi connectivity index (χ3v) is 3.92. The molecule has 0 spiro atoms. The van der Waals surface area contributed by atoms with Crippen LogP contribution in [0.2, 0.25) is 0 Å². The molecule has 0 saturated heterocycles. The van der Waals surface area contributed by atoms with Crippen LogP contribution >= 0.6 is 28.3 Å². The highest BCUT2D eigenvalue weighted by atomic mass is 79.9. The molecule has 0 atom stereocenters. The van der Waals surface area contributed by atoms with Gasteiger partial charge in [-0.25, -0.2) is 0 Å². The van der Waals surface area contributed by atoms with Gasteiger partial charge in [-0.2, -0.15) is 0 Å². The fourth-order valence-electron chi connectivity index (χ4n) is 2.01. The second kappa shape index (κ2) is 6.01. The van der Waals surface area contributed by atoms with Gasteiger partial charge < -0.3 is 5.73 Å². The first kappa shape index (κ1) is 14.0. The van der Waals surface area contributed by atoms with Crippen LogP contribution in [0.1, 0.15) is 18.4 Å². The Morgan fingerprint density at radius 2 is 2.00 bits per heavy atom. The van der Waals surface area contributed by atoms with Gasteiger partial charge in [0.15, 0.2) is 0 Å². The van der Waals surface area contributed by atoms with Crippen LogP contribution in [-0.2, 0) is 6.54 Å². The molecule has 2 rings (SSSR count). The summed E-state index contributed by atoms with van der Waals surface area (Å²) in [6.07, 6.45) is 2.28. The van der Waals surface area contributed by atoms with Gasteiger partial charge in [0, 0.05) is 23.1 Å². The van der Waals surface area contributed by atoms with E-state index in [0.717, 1.165) is 19.4 Å². The summed E-state index contributed by atoms with van der Waals surface area (Å²) in [5.41, 5.74) is 7.14. The van der Waals surface area contributed by atoms with Crippen molar-refractivity contribution in [3.63, 3.8) is 0 Å². The Morgan fingerprint density at radius 1 is 1.38 bits per heavy atom. The van der Waals surface area contributed by atoms with Crippen LogP contribution < -0.4 is 5.73 Å². The molecule has 4 heteroatoms. The Kier molecular flexibility index (Phi) is 5.25.